The van der Waals surface area contributed by atoms with Crippen molar-refractivity contribution in [3.05, 3.63) is 77.4 Å². The number of nitrogens with one attached hydrogen (secondary N) is 1. The van der Waals surface area contributed by atoms with E-state index in [9.17, 15) is 14.7 Å². The summed E-state index contributed by atoms with van der Waals surface area (Å²) in [5.41, 5.74) is 4.10. The van der Waals surface area contributed by atoms with Crippen LogP contribution in [0.25, 0.3) is 5.76 Å². The van der Waals surface area contributed by atoms with Crippen molar-refractivity contribution in [2.45, 2.75) is 6.04 Å². The van der Waals surface area contributed by atoms with Crippen LogP contribution >= 0.6 is 11.8 Å². The third kappa shape index (κ3) is 2.66. The summed E-state index contributed by atoms with van der Waals surface area (Å²) in [7, 11) is 0. The molecule has 2 aromatic rings. The highest BCUT2D eigenvalue weighted by Gasteiger charge is 2.48. The molecule has 2 N–H and O–H groups in total. The SMILES string of the molecule is O=C1C(=O)N(C2=NNCS2)C(c2ccccc2)C1=C(O)c1ccccc1. The molecular weight excluding hydrogens is 350 g/mol. The summed E-state index contributed by atoms with van der Waals surface area (Å²) in [6.07, 6.45) is 0. The van der Waals surface area contributed by atoms with Gasteiger partial charge in [0.15, 0.2) is 5.17 Å². The minimum atomic E-state index is -0.720. The first-order valence-corrected chi connectivity index (χ1v) is 9.02. The maximum absolute atomic E-state index is 12.8. The number of rotatable bonds is 2. The van der Waals surface area contributed by atoms with E-state index in [1.165, 1.54) is 16.7 Å². The lowest BCUT2D eigenvalue weighted by Gasteiger charge is -2.23. The fourth-order valence-electron chi connectivity index (χ4n) is 3.08. The number of thioether (sulfide) groups is 1. The standard InChI is InChI=1S/C19H15N3O3S/c23-16(13-9-5-2-6-10-13)14-15(12-7-3-1-4-8-12)22(18(25)17(14)24)19-21-20-11-26-19/h1-10,15,20,23H,11H2. The average Bonchev–Trinajstić information content (AvgIpc) is 3.30. The first-order chi connectivity index (χ1) is 12.7. The molecule has 1 atom stereocenters. The monoisotopic (exact) mass is 365 g/mol. The first kappa shape index (κ1) is 16.4. The van der Waals surface area contributed by atoms with E-state index < -0.39 is 17.7 Å². The summed E-state index contributed by atoms with van der Waals surface area (Å²) in [6, 6.07) is 17.2. The van der Waals surface area contributed by atoms with Crippen LogP contribution in [0.15, 0.2) is 71.3 Å². The molecule has 26 heavy (non-hydrogen) atoms. The molecule has 1 amide bonds. The highest BCUT2D eigenvalue weighted by atomic mass is 32.2. The van der Waals surface area contributed by atoms with E-state index >= 15 is 0 Å². The van der Waals surface area contributed by atoms with Crippen LogP contribution in [0.5, 0.6) is 0 Å². The third-order valence-corrected chi connectivity index (χ3v) is 5.07. The largest absolute Gasteiger partial charge is 0.507 e. The molecular formula is C19H15N3O3S. The van der Waals surface area contributed by atoms with Crippen molar-refractivity contribution >= 4 is 34.4 Å². The summed E-state index contributed by atoms with van der Waals surface area (Å²) in [4.78, 5) is 26.9. The molecule has 0 spiro atoms. The molecule has 2 heterocycles. The number of amides is 1. The molecule has 1 fully saturated rings. The Balaban J connectivity index is 1.91. The molecule has 6 nitrogen and oxygen atoms in total. The molecule has 1 unspecified atom stereocenters. The Morgan fingerprint density at radius 2 is 1.73 bits per heavy atom. The number of likely N-dealkylation sites (tertiary alicyclic amines) is 1. The number of aliphatic hydroxyl groups is 1. The Bertz CT molecular complexity index is 926. The number of ketones is 1. The molecule has 2 aromatic carbocycles. The topological polar surface area (TPSA) is 82.0 Å². The molecule has 4 rings (SSSR count). The van der Waals surface area contributed by atoms with Gasteiger partial charge < -0.3 is 5.11 Å². The number of nitrogens with zero attached hydrogens (tertiary/aromatic N) is 2. The van der Waals surface area contributed by atoms with Crippen molar-refractivity contribution in [3.8, 4) is 0 Å². The third-order valence-electron chi connectivity index (χ3n) is 4.25. The van der Waals surface area contributed by atoms with Crippen LogP contribution in [0.1, 0.15) is 17.2 Å². The van der Waals surface area contributed by atoms with Gasteiger partial charge in [-0.05, 0) is 5.56 Å². The van der Waals surface area contributed by atoms with Crippen LogP contribution in [-0.4, -0.2) is 32.7 Å². The van der Waals surface area contributed by atoms with Gasteiger partial charge in [0.25, 0.3) is 5.78 Å². The van der Waals surface area contributed by atoms with Crippen LogP contribution in [-0.2, 0) is 9.59 Å². The first-order valence-electron chi connectivity index (χ1n) is 8.03. The Morgan fingerprint density at radius 1 is 1.08 bits per heavy atom. The van der Waals surface area contributed by atoms with Crippen LogP contribution in [0.4, 0.5) is 0 Å². The molecule has 7 heteroatoms. The lowest BCUT2D eigenvalue weighted by atomic mass is 9.95. The van der Waals surface area contributed by atoms with Gasteiger partial charge in [0.2, 0.25) is 0 Å². The summed E-state index contributed by atoms with van der Waals surface area (Å²) < 4.78 is 0. The number of amidine groups is 1. The number of carbonyl (C=O) groups excluding carboxylic acids is 2. The van der Waals surface area contributed by atoms with Crippen molar-refractivity contribution < 1.29 is 14.7 Å². The number of aliphatic hydroxyl groups excluding tert-OH is 1. The minimum absolute atomic E-state index is 0.0719. The van der Waals surface area contributed by atoms with Crippen LogP contribution < -0.4 is 5.43 Å². The zero-order valence-electron chi connectivity index (χ0n) is 13.6. The highest BCUT2D eigenvalue weighted by molar-refractivity contribution is 8.14. The van der Waals surface area contributed by atoms with Gasteiger partial charge in [0.1, 0.15) is 5.76 Å². The second kappa shape index (κ2) is 6.68. The summed E-state index contributed by atoms with van der Waals surface area (Å²) >= 11 is 1.34. The van der Waals surface area contributed by atoms with Gasteiger partial charge in [-0.3, -0.25) is 19.9 Å². The number of hydrogen-bond donors (Lipinski definition) is 2. The lowest BCUT2D eigenvalue weighted by Crippen LogP contribution is -2.33. The summed E-state index contributed by atoms with van der Waals surface area (Å²) in [6.45, 7) is 0. The van der Waals surface area contributed by atoms with Gasteiger partial charge in [-0.2, -0.15) is 5.10 Å². The average molecular weight is 365 g/mol. The van der Waals surface area contributed by atoms with Crippen molar-refractivity contribution in [3.63, 3.8) is 0 Å². The predicted octanol–water partition coefficient (Wildman–Crippen LogP) is 2.67. The summed E-state index contributed by atoms with van der Waals surface area (Å²) in [5, 5.41) is 15.4. The van der Waals surface area contributed by atoms with Crippen LogP contribution in [0.2, 0.25) is 0 Å². The van der Waals surface area contributed by atoms with Crippen molar-refractivity contribution in [1.29, 1.82) is 0 Å². The second-order valence-electron chi connectivity index (χ2n) is 5.79. The molecule has 0 saturated carbocycles. The maximum atomic E-state index is 12.8. The van der Waals surface area contributed by atoms with Crippen molar-refractivity contribution in [2.24, 2.45) is 5.10 Å². The van der Waals surface area contributed by atoms with E-state index in [4.69, 9.17) is 0 Å². The van der Waals surface area contributed by atoms with Gasteiger partial charge in [0.05, 0.1) is 17.5 Å². The lowest BCUT2D eigenvalue weighted by molar-refractivity contribution is -0.137. The number of hydrazone groups is 1. The minimum Gasteiger partial charge on any atom is -0.507 e. The van der Waals surface area contributed by atoms with Crippen LogP contribution in [0.3, 0.4) is 0 Å². The highest BCUT2D eigenvalue weighted by Crippen LogP contribution is 2.41. The number of Topliss-reactive ketones (excluding diaryl/α,β-unsaturated/α-hetero) is 1. The number of hydrogen-bond acceptors (Lipinski definition) is 6. The molecule has 2 aliphatic rings. The Morgan fingerprint density at radius 3 is 2.35 bits per heavy atom. The fourth-order valence-corrected chi connectivity index (χ4v) is 3.80. The Hall–Kier alpha value is -3.06. The van der Waals surface area contributed by atoms with E-state index in [2.05, 4.69) is 10.5 Å². The van der Waals surface area contributed by atoms with Gasteiger partial charge in [-0.15, -0.1) is 0 Å². The van der Waals surface area contributed by atoms with E-state index in [1.54, 1.807) is 24.3 Å². The summed E-state index contributed by atoms with van der Waals surface area (Å²) in [5.74, 6) is -1.06. The quantitative estimate of drug-likeness (QED) is 0.486. The molecule has 0 bridgehead atoms. The molecule has 0 aromatic heterocycles. The van der Waals surface area contributed by atoms with E-state index in [-0.39, 0.29) is 11.3 Å². The van der Waals surface area contributed by atoms with E-state index in [0.29, 0.717) is 16.6 Å². The normalized spacial score (nSPS) is 21.6. The molecule has 2 aliphatic heterocycles. The van der Waals surface area contributed by atoms with Gasteiger partial charge >= 0.3 is 5.91 Å². The van der Waals surface area contributed by atoms with Crippen molar-refractivity contribution in [1.82, 2.24) is 10.3 Å². The second-order valence-corrected chi connectivity index (χ2v) is 6.73. The smallest absolute Gasteiger partial charge is 0.301 e. The fraction of sp³-hybridized carbons (Fsp3) is 0.105. The van der Waals surface area contributed by atoms with Gasteiger partial charge in [-0.1, -0.05) is 72.4 Å². The molecule has 130 valence electrons. The van der Waals surface area contributed by atoms with Gasteiger partial charge in [-0.25, -0.2) is 0 Å². The zero-order valence-corrected chi connectivity index (χ0v) is 14.4. The van der Waals surface area contributed by atoms with E-state index in [0.717, 1.165) is 5.56 Å². The maximum Gasteiger partial charge on any atom is 0.301 e. The van der Waals surface area contributed by atoms with E-state index in [1.807, 2.05) is 36.4 Å². The zero-order chi connectivity index (χ0) is 18.1. The van der Waals surface area contributed by atoms with Crippen molar-refractivity contribution in [2.75, 3.05) is 5.88 Å². The number of carbonyl (C=O) groups is 2. The number of benzene rings is 2. The Kier molecular flexibility index (Phi) is 4.22. The molecule has 0 aliphatic carbocycles. The van der Waals surface area contributed by atoms with Crippen LogP contribution in [0, 0.1) is 0 Å². The molecule has 1 saturated heterocycles. The van der Waals surface area contributed by atoms with Gasteiger partial charge in [0, 0.05) is 5.56 Å². The Labute approximate surface area is 154 Å². The molecule has 0 radical (unpaired) electrons. The predicted molar refractivity (Wildman–Crippen MR) is 100 cm³/mol.